The molecule has 7 heteroatoms. The van der Waals surface area contributed by atoms with Gasteiger partial charge in [-0.3, -0.25) is 4.79 Å². The first kappa shape index (κ1) is 18.9. The average Bonchev–Trinajstić information content (AvgIpc) is 3.16. The van der Waals surface area contributed by atoms with Gasteiger partial charge in [0.25, 0.3) is 5.91 Å². The average molecular weight is 376 g/mol. The van der Waals surface area contributed by atoms with Crippen LogP contribution in [0.5, 0.6) is 11.5 Å². The molecule has 2 aromatic rings. The van der Waals surface area contributed by atoms with Crippen molar-refractivity contribution in [2.75, 3.05) is 30.4 Å². The first-order valence-electron chi connectivity index (χ1n) is 8.77. The Morgan fingerprint density at radius 3 is 2.48 bits per heavy atom. The summed E-state index contributed by atoms with van der Waals surface area (Å²) in [5.74, 6) is -0.399. The smallest absolute Gasteiger partial charge is 0.387 e. The monoisotopic (exact) mass is 376 g/mol. The number of ether oxygens (including phenoxy) is 2. The van der Waals surface area contributed by atoms with Crippen molar-refractivity contribution in [2.24, 2.45) is 0 Å². The molecule has 0 atom stereocenters. The summed E-state index contributed by atoms with van der Waals surface area (Å²) in [5, 5.41) is 2.83. The maximum atomic E-state index is 12.5. The van der Waals surface area contributed by atoms with E-state index in [2.05, 4.69) is 15.0 Å². The molecule has 1 saturated heterocycles. The Hall–Kier alpha value is -2.83. The molecule has 0 saturated carbocycles. The van der Waals surface area contributed by atoms with Gasteiger partial charge in [0, 0.05) is 30.0 Å². The summed E-state index contributed by atoms with van der Waals surface area (Å²) in [4.78, 5) is 14.8. The molecule has 1 amide bonds. The van der Waals surface area contributed by atoms with Gasteiger partial charge in [-0.2, -0.15) is 8.78 Å². The fourth-order valence-corrected chi connectivity index (χ4v) is 3.25. The fraction of sp³-hybridized carbons (Fsp3) is 0.350. The second-order valence-electron chi connectivity index (χ2n) is 6.39. The van der Waals surface area contributed by atoms with E-state index >= 15 is 0 Å². The van der Waals surface area contributed by atoms with E-state index in [0.29, 0.717) is 5.69 Å². The molecule has 1 aliphatic heterocycles. The van der Waals surface area contributed by atoms with Gasteiger partial charge in [-0.1, -0.05) is 0 Å². The predicted octanol–water partition coefficient (Wildman–Crippen LogP) is 4.46. The third-order valence-electron chi connectivity index (χ3n) is 4.54. The van der Waals surface area contributed by atoms with Gasteiger partial charge in [-0.05, 0) is 61.7 Å². The van der Waals surface area contributed by atoms with Crippen LogP contribution in [0.2, 0.25) is 0 Å². The number of carbonyl (C=O) groups excluding carboxylic acids is 1. The molecule has 0 spiro atoms. The van der Waals surface area contributed by atoms with Crippen molar-refractivity contribution in [3.63, 3.8) is 0 Å². The molecule has 144 valence electrons. The number of nitrogens with zero attached hydrogens (tertiary/aromatic N) is 1. The Balaban J connectivity index is 1.74. The number of nitrogens with one attached hydrogen (secondary N) is 1. The molecule has 1 heterocycles. The van der Waals surface area contributed by atoms with Gasteiger partial charge in [0.2, 0.25) is 0 Å². The lowest BCUT2D eigenvalue weighted by Gasteiger charge is -2.20. The van der Waals surface area contributed by atoms with Crippen LogP contribution in [0.25, 0.3) is 0 Å². The largest absolute Gasteiger partial charge is 0.493 e. The molecule has 1 aliphatic rings. The minimum absolute atomic E-state index is 0.0727. The molecule has 0 bridgehead atoms. The normalized spacial score (nSPS) is 13.7. The summed E-state index contributed by atoms with van der Waals surface area (Å²) in [6.07, 6.45) is 2.40. The summed E-state index contributed by atoms with van der Waals surface area (Å²) >= 11 is 0. The number of hydrogen-bond acceptors (Lipinski definition) is 4. The zero-order valence-electron chi connectivity index (χ0n) is 15.3. The Morgan fingerprint density at radius 2 is 1.85 bits per heavy atom. The summed E-state index contributed by atoms with van der Waals surface area (Å²) in [6.45, 7) is 1.16. The van der Waals surface area contributed by atoms with Gasteiger partial charge in [0.1, 0.15) is 0 Å². The highest BCUT2D eigenvalue weighted by molar-refractivity contribution is 6.04. The molecule has 0 radical (unpaired) electrons. The zero-order chi connectivity index (χ0) is 19.4. The highest BCUT2D eigenvalue weighted by Crippen LogP contribution is 2.30. The molecule has 1 fully saturated rings. The second kappa shape index (κ2) is 8.24. The molecule has 3 rings (SSSR count). The van der Waals surface area contributed by atoms with Crippen LogP contribution in [0.3, 0.4) is 0 Å². The molecule has 0 unspecified atom stereocenters. The number of halogens is 2. The minimum atomic E-state index is -2.96. The SMILES string of the molecule is COc1cc(C(=O)Nc2ccc(N3CCCC3)c(C)c2)ccc1OC(F)F. The van der Waals surface area contributed by atoms with Crippen LogP contribution in [-0.4, -0.2) is 32.7 Å². The lowest BCUT2D eigenvalue weighted by atomic mass is 10.1. The zero-order valence-corrected chi connectivity index (χ0v) is 15.3. The van der Waals surface area contributed by atoms with Crippen molar-refractivity contribution in [3.8, 4) is 11.5 Å². The van der Waals surface area contributed by atoms with Crippen LogP contribution in [0, 0.1) is 6.92 Å². The standard InChI is InChI=1S/C20H22F2N2O3/c1-13-11-15(6-7-16(13)24-9-3-4-10-24)23-19(25)14-5-8-17(27-20(21)22)18(12-14)26-2/h5-8,11-12,20H,3-4,9-10H2,1-2H3,(H,23,25). The number of alkyl halides is 2. The second-order valence-corrected chi connectivity index (χ2v) is 6.39. The van der Waals surface area contributed by atoms with E-state index in [0.717, 1.165) is 18.7 Å². The van der Waals surface area contributed by atoms with Gasteiger partial charge < -0.3 is 19.7 Å². The summed E-state index contributed by atoms with van der Waals surface area (Å²) < 4.78 is 34.2. The maximum absolute atomic E-state index is 12.5. The van der Waals surface area contributed by atoms with Crippen LogP contribution in [0.4, 0.5) is 20.2 Å². The summed E-state index contributed by atoms with van der Waals surface area (Å²) in [5.41, 5.74) is 3.23. The number of hydrogen-bond donors (Lipinski definition) is 1. The lowest BCUT2D eigenvalue weighted by molar-refractivity contribution is -0.0512. The van der Waals surface area contributed by atoms with E-state index in [1.165, 1.54) is 43.8 Å². The van der Waals surface area contributed by atoms with Gasteiger partial charge >= 0.3 is 6.61 Å². The summed E-state index contributed by atoms with van der Waals surface area (Å²) in [7, 11) is 1.33. The van der Waals surface area contributed by atoms with Gasteiger partial charge in [-0.15, -0.1) is 0 Å². The molecule has 2 aromatic carbocycles. The molecule has 1 N–H and O–H groups in total. The fourth-order valence-electron chi connectivity index (χ4n) is 3.25. The molecule has 0 aliphatic carbocycles. The first-order valence-corrected chi connectivity index (χ1v) is 8.77. The van der Waals surface area contributed by atoms with Gasteiger partial charge in [0.05, 0.1) is 7.11 Å². The van der Waals surface area contributed by atoms with E-state index in [1.807, 2.05) is 25.1 Å². The molecule has 5 nitrogen and oxygen atoms in total. The predicted molar refractivity (Wildman–Crippen MR) is 100 cm³/mol. The van der Waals surface area contributed by atoms with Crippen LogP contribution in [-0.2, 0) is 0 Å². The maximum Gasteiger partial charge on any atom is 0.387 e. The molecular formula is C20H22F2N2O3. The van der Waals surface area contributed by atoms with E-state index in [9.17, 15) is 13.6 Å². The highest BCUT2D eigenvalue weighted by Gasteiger charge is 2.16. The van der Waals surface area contributed by atoms with Crippen LogP contribution in [0.15, 0.2) is 36.4 Å². The Kier molecular flexibility index (Phi) is 5.78. The molecule has 0 aromatic heterocycles. The van der Waals surface area contributed by atoms with Crippen LogP contribution < -0.4 is 19.7 Å². The lowest BCUT2D eigenvalue weighted by Crippen LogP contribution is -2.19. The minimum Gasteiger partial charge on any atom is -0.493 e. The van der Waals surface area contributed by atoms with Crippen molar-refractivity contribution < 1.29 is 23.0 Å². The first-order chi connectivity index (χ1) is 13.0. The third-order valence-corrected chi connectivity index (χ3v) is 4.54. The van der Waals surface area contributed by atoms with Crippen molar-refractivity contribution in [2.45, 2.75) is 26.4 Å². The Morgan fingerprint density at radius 1 is 1.11 bits per heavy atom. The number of anilines is 2. The quantitative estimate of drug-likeness (QED) is 0.809. The number of benzene rings is 2. The van der Waals surface area contributed by atoms with Crippen molar-refractivity contribution in [3.05, 3.63) is 47.5 Å². The summed E-state index contributed by atoms with van der Waals surface area (Å²) in [6, 6.07) is 9.89. The van der Waals surface area contributed by atoms with E-state index in [1.54, 1.807) is 0 Å². The Bertz CT molecular complexity index is 821. The van der Waals surface area contributed by atoms with E-state index < -0.39 is 6.61 Å². The van der Waals surface area contributed by atoms with Crippen LogP contribution >= 0.6 is 0 Å². The van der Waals surface area contributed by atoms with Crippen molar-refractivity contribution >= 4 is 17.3 Å². The third kappa shape index (κ3) is 4.48. The highest BCUT2D eigenvalue weighted by atomic mass is 19.3. The van der Waals surface area contributed by atoms with Gasteiger partial charge in [-0.25, -0.2) is 0 Å². The van der Waals surface area contributed by atoms with E-state index in [-0.39, 0.29) is 23.0 Å². The number of amides is 1. The van der Waals surface area contributed by atoms with Crippen molar-refractivity contribution in [1.82, 2.24) is 0 Å². The van der Waals surface area contributed by atoms with E-state index in [4.69, 9.17) is 4.74 Å². The topological polar surface area (TPSA) is 50.8 Å². The van der Waals surface area contributed by atoms with Gasteiger partial charge in [0.15, 0.2) is 11.5 Å². The van der Waals surface area contributed by atoms with Crippen molar-refractivity contribution in [1.29, 1.82) is 0 Å². The van der Waals surface area contributed by atoms with Crippen LogP contribution in [0.1, 0.15) is 28.8 Å². The number of rotatable bonds is 6. The number of carbonyl (C=O) groups is 1. The Labute approximate surface area is 156 Å². The number of methoxy groups -OCH3 is 1. The molecule has 27 heavy (non-hydrogen) atoms. The molecular weight excluding hydrogens is 354 g/mol. The number of aryl methyl sites for hydroxylation is 1.